The summed E-state index contributed by atoms with van der Waals surface area (Å²) in [6.07, 6.45) is 2.90. The Morgan fingerprint density at radius 2 is 2.09 bits per heavy atom. The van der Waals surface area contributed by atoms with Crippen LogP contribution in [0.15, 0.2) is 18.2 Å². The van der Waals surface area contributed by atoms with Crippen LogP contribution in [0, 0.1) is 11.2 Å². The summed E-state index contributed by atoms with van der Waals surface area (Å²) in [5.74, 6) is 0.619. The minimum atomic E-state index is -0.287. The van der Waals surface area contributed by atoms with Crippen molar-refractivity contribution >= 4 is 5.91 Å². The molecule has 0 aliphatic carbocycles. The van der Waals surface area contributed by atoms with Crippen molar-refractivity contribution in [3.8, 4) is 5.75 Å². The molecule has 1 spiro atoms. The number of nitrogens with zero attached hydrogens (tertiary/aromatic N) is 2. The fourth-order valence-electron chi connectivity index (χ4n) is 3.94. The Labute approximate surface area is 137 Å². The highest BCUT2D eigenvalue weighted by molar-refractivity contribution is 5.85. The molecule has 2 aliphatic rings. The zero-order valence-corrected chi connectivity index (χ0v) is 14.0. The molecule has 1 aromatic rings. The molecule has 0 N–H and O–H groups in total. The molecular formula is C18H25FN2O2. The fourth-order valence-corrected chi connectivity index (χ4v) is 3.94. The smallest absolute Gasteiger partial charge is 0.230 e. The Morgan fingerprint density at radius 3 is 2.83 bits per heavy atom. The van der Waals surface area contributed by atoms with Crippen LogP contribution < -0.4 is 4.74 Å². The van der Waals surface area contributed by atoms with Gasteiger partial charge >= 0.3 is 0 Å². The van der Waals surface area contributed by atoms with Gasteiger partial charge in [0.1, 0.15) is 11.6 Å². The molecule has 3 rings (SSSR count). The van der Waals surface area contributed by atoms with E-state index in [1.165, 1.54) is 12.1 Å². The molecule has 1 atom stereocenters. The van der Waals surface area contributed by atoms with Crippen LogP contribution in [0.3, 0.4) is 0 Å². The lowest BCUT2D eigenvalue weighted by Gasteiger charge is -2.24. The first-order valence-electron chi connectivity index (χ1n) is 8.42. The van der Waals surface area contributed by atoms with Crippen LogP contribution in [0.5, 0.6) is 5.75 Å². The highest BCUT2D eigenvalue weighted by Crippen LogP contribution is 2.41. The first-order valence-corrected chi connectivity index (χ1v) is 8.42. The van der Waals surface area contributed by atoms with E-state index in [0.717, 1.165) is 51.0 Å². The van der Waals surface area contributed by atoms with Gasteiger partial charge in [-0.05, 0) is 31.9 Å². The van der Waals surface area contributed by atoms with E-state index in [-0.39, 0.29) is 11.2 Å². The predicted octanol–water partition coefficient (Wildman–Crippen LogP) is 2.67. The van der Waals surface area contributed by atoms with Gasteiger partial charge in [0.05, 0.1) is 12.5 Å². The molecule has 23 heavy (non-hydrogen) atoms. The maximum Gasteiger partial charge on any atom is 0.230 e. The molecule has 2 heterocycles. The van der Waals surface area contributed by atoms with Gasteiger partial charge in [-0.3, -0.25) is 9.69 Å². The summed E-state index contributed by atoms with van der Waals surface area (Å²) in [5, 5.41) is 0. The van der Waals surface area contributed by atoms with Crippen LogP contribution in [0.2, 0.25) is 0 Å². The summed E-state index contributed by atoms with van der Waals surface area (Å²) in [6.45, 7) is 6.28. The Kier molecular flexibility index (Phi) is 4.57. The largest absolute Gasteiger partial charge is 0.496 e. The van der Waals surface area contributed by atoms with Gasteiger partial charge in [0.2, 0.25) is 5.91 Å². The van der Waals surface area contributed by atoms with Crippen LogP contribution in [-0.4, -0.2) is 49.0 Å². The van der Waals surface area contributed by atoms with Gasteiger partial charge in [0.25, 0.3) is 0 Å². The molecule has 0 aromatic heterocycles. The van der Waals surface area contributed by atoms with E-state index in [9.17, 15) is 9.18 Å². The SMILES string of the molecule is CCCN1CCC2(CCN(Cc3ccc(F)cc3OC)C2)C1=O. The van der Waals surface area contributed by atoms with Crippen LogP contribution in [0.4, 0.5) is 4.39 Å². The first-order chi connectivity index (χ1) is 11.1. The van der Waals surface area contributed by atoms with Crippen molar-refractivity contribution in [1.29, 1.82) is 0 Å². The first kappa shape index (κ1) is 16.2. The number of benzene rings is 1. The molecule has 1 unspecified atom stereocenters. The summed E-state index contributed by atoms with van der Waals surface area (Å²) < 4.78 is 18.6. The number of carbonyl (C=O) groups excluding carboxylic acids is 1. The Balaban J connectivity index is 1.68. The number of ether oxygens (including phenoxy) is 1. The van der Waals surface area contributed by atoms with E-state index in [1.54, 1.807) is 13.2 Å². The second-order valence-electron chi connectivity index (χ2n) is 6.74. The second-order valence-corrected chi connectivity index (χ2v) is 6.74. The van der Waals surface area contributed by atoms with Crippen LogP contribution in [0.25, 0.3) is 0 Å². The maximum absolute atomic E-state index is 13.3. The summed E-state index contributed by atoms with van der Waals surface area (Å²) in [6, 6.07) is 4.66. The van der Waals surface area contributed by atoms with E-state index in [0.29, 0.717) is 18.2 Å². The number of amides is 1. The van der Waals surface area contributed by atoms with Crippen molar-refractivity contribution in [1.82, 2.24) is 9.80 Å². The highest BCUT2D eigenvalue weighted by Gasteiger charge is 2.50. The molecule has 0 bridgehead atoms. The second kappa shape index (κ2) is 6.48. The number of carbonyl (C=O) groups is 1. The van der Waals surface area contributed by atoms with Crippen LogP contribution >= 0.6 is 0 Å². The maximum atomic E-state index is 13.3. The Morgan fingerprint density at radius 1 is 1.30 bits per heavy atom. The summed E-state index contributed by atoms with van der Waals surface area (Å²) in [7, 11) is 1.56. The van der Waals surface area contributed by atoms with Crippen molar-refractivity contribution in [2.24, 2.45) is 5.41 Å². The minimum absolute atomic E-state index is 0.192. The number of halogens is 1. The van der Waals surface area contributed by atoms with Crippen LogP contribution in [0.1, 0.15) is 31.7 Å². The van der Waals surface area contributed by atoms with E-state index in [2.05, 4.69) is 11.8 Å². The zero-order valence-electron chi connectivity index (χ0n) is 14.0. The van der Waals surface area contributed by atoms with Crippen molar-refractivity contribution < 1.29 is 13.9 Å². The third-order valence-electron chi connectivity index (χ3n) is 5.17. The number of rotatable bonds is 5. The van der Waals surface area contributed by atoms with Gasteiger partial charge in [-0.15, -0.1) is 0 Å². The highest BCUT2D eigenvalue weighted by atomic mass is 19.1. The molecule has 2 fully saturated rings. The van der Waals surface area contributed by atoms with Gasteiger partial charge in [-0.1, -0.05) is 13.0 Å². The van der Waals surface area contributed by atoms with E-state index < -0.39 is 0 Å². The molecule has 2 aliphatic heterocycles. The fraction of sp³-hybridized carbons (Fsp3) is 0.611. The quantitative estimate of drug-likeness (QED) is 0.836. The van der Waals surface area contributed by atoms with E-state index in [4.69, 9.17) is 4.74 Å². The van der Waals surface area contributed by atoms with Gasteiger partial charge < -0.3 is 9.64 Å². The Hall–Kier alpha value is -1.62. The third-order valence-corrected chi connectivity index (χ3v) is 5.17. The normalized spacial score (nSPS) is 24.8. The number of hydrogen-bond acceptors (Lipinski definition) is 3. The molecule has 5 heteroatoms. The number of likely N-dealkylation sites (tertiary alicyclic amines) is 2. The van der Waals surface area contributed by atoms with Crippen molar-refractivity contribution in [2.45, 2.75) is 32.7 Å². The molecule has 1 amide bonds. The molecular weight excluding hydrogens is 295 g/mol. The molecule has 0 radical (unpaired) electrons. The summed E-state index contributed by atoms with van der Waals surface area (Å²) in [5.41, 5.74) is 0.782. The lowest BCUT2D eigenvalue weighted by Crippen LogP contribution is -2.37. The van der Waals surface area contributed by atoms with Gasteiger partial charge in [0, 0.05) is 37.8 Å². The lowest BCUT2D eigenvalue weighted by molar-refractivity contribution is -0.135. The van der Waals surface area contributed by atoms with Gasteiger partial charge in [-0.25, -0.2) is 4.39 Å². The standard InChI is InChI=1S/C18H25FN2O2/c1-3-8-21-10-7-18(17(21)22)6-9-20(13-18)12-14-4-5-15(19)11-16(14)23-2/h4-5,11H,3,6-10,12-13H2,1-2H3. The van der Waals surface area contributed by atoms with Crippen molar-refractivity contribution in [2.75, 3.05) is 33.3 Å². The molecule has 1 aromatic carbocycles. The molecule has 0 saturated carbocycles. The number of methoxy groups -OCH3 is 1. The minimum Gasteiger partial charge on any atom is -0.496 e. The zero-order chi connectivity index (χ0) is 16.4. The molecule has 126 valence electrons. The monoisotopic (exact) mass is 320 g/mol. The lowest BCUT2D eigenvalue weighted by atomic mass is 9.85. The topological polar surface area (TPSA) is 32.8 Å². The average Bonchev–Trinajstić information content (AvgIpc) is 3.09. The van der Waals surface area contributed by atoms with E-state index >= 15 is 0 Å². The van der Waals surface area contributed by atoms with Gasteiger partial charge in [-0.2, -0.15) is 0 Å². The van der Waals surface area contributed by atoms with E-state index in [1.807, 2.05) is 4.90 Å². The average molecular weight is 320 g/mol. The summed E-state index contributed by atoms with van der Waals surface area (Å²) >= 11 is 0. The third kappa shape index (κ3) is 3.07. The van der Waals surface area contributed by atoms with Gasteiger partial charge in [0.15, 0.2) is 0 Å². The molecule has 4 nitrogen and oxygen atoms in total. The Bertz CT molecular complexity index is 592. The predicted molar refractivity (Wildman–Crippen MR) is 86.8 cm³/mol. The van der Waals surface area contributed by atoms with Crippen molar-refractivity contribution in [3.63, 3.8) is 0 Å². The van der Waals surface area contributed by atoms with Crippen LogP contribution in [-0.2, 0) is 11.3 Å². The molecule has 2 saturated heterocycles. The summed E-state index contributed by atoms with van der Waals surface area (Å²) in [4.78, 5) is 17.0. The van der Waals surface area contributed by atoms with Crippen molar-refractivity contribution in [3.05, 3.63) is 29.6 Å². The number of hydrogen-bond donors (Lipinski definition) is 0.